The fourth-order valence-electron chi connectivity index (χ4n) is 0.785. The molecule has 0 aliphatic carbocycles. The van der Waals surface area contributed by atoms with Crippen molar-refractivity contribution in [3.63, 3.8) is 0 Å². The zero-order chi connectivity index (χ0) is 10.3. The van der Waals surface area contributed by atoms with Crippen molar-refractivity contribution in [2.24, 2.45) is 0 Å². The standard InChI is InChI=1S/C7H10OSi.C3H10Si/c1-8-6-4-2-3-5-7(6)9;1-4(2)3/h2-5H,1,9H3;4H,1-3H3. The van der Waals surface area contributed by atoms with Gasteiger partial charge in [-0.15, -0.1) is 0 Å². The summed E-state index contributed by atoms with van der Waals surface area (Å²) < 4.78 is 5.08. The molecule has 0 aliphatic rings. The van der Waals surface area contributed by atoms with Crippen LogP contribution in [-0.4, -0.2) is 26.1 Å². The number of hydrogen-bond donors (Lipinski definition) is 0. The minimum Gasteiger partial charge on any atom is -0.497 e. The SMILES string of the molecule is COc1ccccc1[SiH3].C[SiH](C)C. The van der Waals surface area contributed by atoms with E-state index in [2.05, 4.69) is 25.7 Å². The molecule has 0 aliphatic heterocycles. The molecule has 0 saturated carbocycles. The molecule has 0 aromatic heterocycles. The Morgan fingerprint density at radius 3 is 1.92 bits per heavy atom. The van der Waals surface area contributed by atoms with Crippen LogP contribution in [0.3, 0.4) is 0 Å². The summed E-state index contributed by atoms with van der Waals surface area (Å²) in [4.78, 5) is 0. The van der Waals surface area contributed by atoms with Gasteiger partial charge in [-0.25, -0.2) is 0 Å². The maximum Gasteiger partial charge on any atom is 0.117 e. The Balaban J connectivity index is 0.000000310. The molecule has 0 fully saturated rings. The Morgan fingerprint density at radius 1 is 1.15 bits per heavy atom. The molecule has 0 saturated heterocycles. The fourth-order valence-corrected chi connectivity index (χ4v) is 1.35. The highest BCUT2D eigenvalue weighted by Gasteiger charge is 1.90. The first-order valence-electron chi connectivity index (χ1n) is 4.67. The van der Waals surface area contributed by atoms with E-state index in [9.17, 15) is 0 Å². The number of para-hydroxylation sites is 1. The van der Waals surface area contributed by atoms with Gasteiger partial charge in [0.1, 0.15) is 5.75 Å². The zero-order valence-corrected chi connectivity index (χ0v) is 12.4. The van der Waals surface area contributed by atoms with E-state index in [1.807, 2.05) is 18.2 Å². The van der Waals surface area contributed by atoms with Crippen LogP contribution < -0.4 is 9.92 Å². The summed E-state index contributed by atoms with van der Waals surface area (Å²) in [6.45, 7) is 6.92. The molecule has 0 bridgehead atoms. The molecular formula is C10H20OSi2. The van der Waals surface area contributed by atoms with Gasteiger partial charge >= 0.3 is 0 Å². The van der Waals surface area contributed by atoms with Gasteiger partial charge in [-0.1, -0.05) is 37.8 Å². The maximum atomic E-state index is 5.08. The normalized spacial score (nSPS) is 9.31. The summed E-state index contributed by atoms with van der Waals surface area (Å²) in [5.41, 5.74) is 0. The van der Waals surface area contributed by atoms with Crippen molar-refractivity contribution in [1.82, 2.24) is 0 Å². The number of rotatable bonds is 1. The number of hydrogen-bond acceptors (Lipinski definition) is 1. The van der Waals surface area contributed by atoms with Gasteiger partial charge in [0.15, 0.2) is 0 Å². The van der Waals surface area contributed by atoms with Crippen molar-refractivity contribution in [2.45, 2.75) is 19.6 Å². The van der Waals surface area contributed by atoms with E-state index in [1.165, 1.54) is 5.19 Å². The van der Waals surface area contributed by atoms with Crippen LogP contribution in [0.4, 0.5) is 0 Å². The highest BCUT2D eigenvalue weighted by molar-refractivity contribution is 6.54. The Labute approximate surface area is 86.2 Å². The second-order valence-corrected chi connectivity index (χ2v) is 8.24. The topological polar surface area (TPSA) is 9.23 Å². The van der Waals surface area contributed by atoms with E-state index in [0.29, 0.717) is 0 Å². The minimum atomic E-state index is -0.139. The molecule has 0 unspecified atom stereocenters. The summed E-state index contributed by atoms with van der Waals surface area (Å²) in [6, 6.07) is 8.10. The largest absolute Gasteiger partial charge is 0.497 e. The van der Waals surface area contributed by atoms with Gasteiger partial charge in [0, 0.05) is 19.0 Å². The van der Waals surface area contributed by atoms with Crippen LogP contribution in [0.1, 0.15) is 0 Å². The minimum absolute atomic E-state index is 0.139. The fraction of sp³-hybridized carbons (Fsp3) is 0.400. The van der Waals surface area contributed by atoms with Crippen LogP contribution >= 0.6 is 0 Å². The first-order valence-corrected chi connectivity index (χ1v) is 9.14. The molecule has 0 amide bonds. The predicted octanol–water partition coefficient (Wildman–Crippen LogP) is 0.789. The van der Waals surface area contributed by atoms with E-state index in [4.69, 9.17) is 4.74 Å². The molecule has 3 heteroatoms. The molecule has 1 rings (SSSR count). The second-order valence-electron chi connectivity index (χ2n) is 3.70. The van der Waals surface area contributed by atoms with Crippen LogP contribution in [0.2, 0.25) is 19.6 Å². The molecule has 1 aromatic rings. The lowest BCUT2D eigenvalue weighted by Gasteiger charge is -2.00. The average molecular weight is 212 g/mol. The van der Waals surface area contributed by atoms with Crippen molar-refractivity contribution in [2.75, 3.05) is 7.11 Å². The Morgan fingerprint density at radius 2 is 1.62 bits per heavy atom. The van der Waals surface area contributed by atoms with Gasteiger partial charge in [-0.05, 0) is 11.3 Å². The summed E-state index contributed by atoms with van der Waals surface area (Å²) in [5, 5.41) is 1.32. The third-order valence-electron chi connectivity index (χ3n) is 1.31. The molecule has 0 radical (unpaired) electrons. The summed E-state index contributed by atoms with van der Waals surface area (Å²) >= 11 is 0. The Hall–Kier alpha value is -0.546. The molecule has 0 N–H and O–H groups in total. The van der Waals surface area contributed by atoms with Crippen molar-refractivity contribution in [1.29, 1.82) is 0 Å². The Bertz CT molecular complexity index is 233. The van der Waals surface area contributed by atoms with Gasteiger partial charge in [0.05, 0.1) is 7.11 Å². The van der Waals surface area contributed by atoms with Gasteiger partial charge in [0.2, 0.25) is 0 Å². The van der Waals surface area contributed by atoms with Crippen LogP contribution in [0, 0.1) is 0 Å². The van der Waals surface area contributed by atoms with E-state index in [1.54, 1.807) is 7.11 Å². The van der Waals surface area contributed by atoms with Crippen molar-refractivity contribution in [3.8, 4) is 5.75 Å². The van der Waals surface area contributed by atoms with Gasteiger partial charge < -0.3 is 4.74 Å². The number of benzene rings is 1. The molecule has 1 aromatic carbocycles. The molecular weight excluding hydrogens is 192 g/mol. The summed E-state index contributed by atoms with van der Waals surface area (Å²) in [6.07, 6.45) is 0. The van der Waals surface area contributed by atoms with Crippen molar-refractivity contribution >= 4 is 24.2 Å². The van der Waals surface area contributed by atoms with E-state index < -0.39 is 0 Å². The van der Waals surface area contributed by atoms with Crippen LogP contribution in [0.25, 0.3) is 0 Å². The van der Waals surface area contributed by atoms with Crippen LogP contribution in [0.5, 0.6) is 5.75 Å². The van der Waals surface area contributed by atoms with Crippen LogP contribution in [0.15, 0.2) is 24.3 Å². The number of ether oxygens (including phenoxy) is 1. The Kier molecular flexibility index (Phi) is 6.62. The van der Waals surface area contributed by atoms with E-state index in [-0.39, 0.29) is 8.80 Å². The molecule has 74 valence electrons. The summed E-state index contributed by atoms with van der Waals surface area (Å²) in [5.74, 6) is 1.02. The van der Waals surface area contributed by atoms with Crippen molar-refractivity contribution in [3.05, 3.63) is 24.3 Å². The highest BCUT2D eigenvalue weighted by Crippen LogP contribution is 2.01. The third kappa shape index (κ3) is 6.60. The van der Waals surface area contributed by atoms with Crippen molar-refractivity contribution < 1.29 is 4.74 Å². The second kappa shape index (κ2) is 6.92. The average Bonchev–Trinajstić information content (AvgIpc) is 2.04. The van der Waals surface area contributed by atoms with Gasteiger partial charge in [0.25, 0.3) is 0 Å². The molecule has 13 heavy (non-hydrogen) atoms. The first-order chi connectivity index (χ1) is 6.07. The van der Waals surface area contributed by atoms with Gasteiger partial charge in [-0.2, -0.15) is 0 Å². The highest BCUT2D eigenvalue weighted by atomic mass is 28.3. The first kappa shape index (κ1) is 12.5. The lowest BCUT2D eigenvalue weighted by molar-refractivity contribution is 0.418. The zero-order valence-electron chi connectivity index (χ0n) is 9.29. The van der Waals surface area contributed by atoms with Gasteiger partial charge in [-0.3, -0.25) is 0 Å². The third-order valence-corrected chi connectivity index (χ3v) is 2.14. The quantitative estimate of drug-likeness (QED) is 0.626. The number of methoxy groups -OCH3 is 1. The molecule has 0 heterocycles. The molecule has 1 nitrogen and oxygen atoms in total. The van der Waals surface area contributed by atoms with E-state index in [0.717, 1.165) is 16.0 Å². The lowest BCUT2D eigenvalue weighted by Crippen LogP contribution is -2.05. The molecule has 0 spiro atoms. The predicted molar refractivity (Wildman–Crippen MR) is 67.3 cm³/mol. The monoisotopic (exact) mass is 212 g/mol. The molecule has 0 atom stereocenters. The lowest BCUT2D eigenvalue weighted by atomic mass is 10.3. The smallest absolute Gasteiger partial charge is 0.117 e. The van der Waals surface area contributed by atoms with Crippen LogP contribution in [-0.2, 0) is 0 Å². The maximum absolute atomic E-state index is 5.08. The van der Waals surface area contributed by atoms with E-state index >= 15 is 0 Å². The summed E-state index contributed by atoms with van der Waals surface area (Å²) in [7, 11) is 2.63.